The first kappa shape index (κ1) is 27.1. The van der Waals surface area contributed by atoms with E-state index in [9.17, 15) is 34.5 Å². The summed E-state index contributed by atoms with van der Waals surface area (Å²) in [5.41, 5.74) is -6.53. The lowest BCUT2D eigenvalue weighted by Crippen LogP contribution is -2.75. The van der Waals surface area contributed by atoms with Crippen molar-refractivity contribution in [2.45, 2.75) is 52.7 Å². The molecule has 3 fully saturated rings. The highest BCUT2D eigenvalue weighted by molar-refractivity contribution is 6.24. The summed E-state index contributed by atoms with van der Waals surface area (Å²) in [6.07, 6.45) is 12.0. The van der Waals surface area contributed by atoms with Gasteiger partial charge in [-0.2, -0.15) is 0 Å². The summed E-state index contributed by atoms with van der Waals surface area (Å²) in [7, 11) is 0. The Kier molecular flexibility index (Phi) is 6.89. The number of hydrogen-bond acceptors (Lipinski definition) is 8. The maximum atomic E-state index is 13.8. The van der Waals surface area contributed by atoms with Crippen LogP contribution in [-0.4, -0.2) is 49.8 Å². The fourth-order valence-electron chi connectivity index (χ4n) is 5.93. The minimum atomic E-state index is -2.22. The predicted octanol–water partition coefficient (Wildman–Crippen LogP) is 3.55. The van der Waals surface area contributed by atoms with Gasteiger partial charge in [0.2, 0.25) is 0 Å². The number of esters is 1. The number of Topliss-reactive ketones (excluding diaryl/α,β-unsaturated/α-hetero) is 2. The molecule has 0 saturated heterocycles. The molecule has 0 aromatic rings. The van der Waals surface area contributed by atoms with Crippen molar-refractivity contribution in [3.8, 4) is 0 Å². The van der Waals surface area contributed by atoms with Crippen LogP contribution in [0.1, 0.15) is 41.5 Å². The summed E-state index contributed by atoms with van der Waals surface area (Å²) < 4.78 is 5.59. The number of aliphatic hydroxyl groups excluding tert-OH is 2. The van der Waals surface area contributed by atoms with E-state index in [2.05, 4.69) is 0 Å². The zero-order valence-corrected chi connectivity index (χ0v) is 21.2. The topological polar surface area (TPSA) is 138 Å². The number of ketones is 3. The molecule has 3 aliphatic carbocycles. The van der Waals surface area contributed by atoms with Gasteiger partial charge < -0.3 is 20.1 Å². The van der Waals surface area contributed by atoms with Gasteiger partial charge in [-0.1, -0.05) is 36.5 Å². The van der Waals surface area contributed by atoms with Crippen LogP contribution in [0.5, 0.6) is 0 Å². The van der Waals surface area contributed by atoms with Crippen LogP contribution in [0.25, 0.3) is 0 Å². The number of rotatable bonds is 6. The Labute approximate surface area is 210 Å². The molecule has 8 heteroatoms. The second-order valence-corrected chi connectivity index (χ2v) is 9.93. The highest BCUT2D eigenvalue weighted by Gasteiger charge is 2.77. The third-order valence-electron chi connectivity index (χ3n) is 7.68. The van der Waals surface area contributed by atoms with Gasteiger partial charge in [0.15, 0.2) is 23.0 Å². The molecule has 1 aliphatic heterocycles. The molecule has 0 amide bonds. The molecule has 3 N–H and O–H groups in total. The van der Waals surface area contributed by atoms with Crippen LogP contribution in [-0.2, 0) is 23.9 Å². The Bertz CT molecular complexity index is 1210. The molecule has 6 atom stereocenters. The SMILES string of the molecule is C/C=C/C=C/C(=O)[C@@H]1C([C@]2(C)OC(=O)C(C)=C2O)[C@H]2\C(=C(O)/C=C/C=C/C)C(=O)[C@]1(C)C(=O)[C@@]2(C)O. The van der Waals surface area contributed by atoms with E-state index in [0.717, 1.165) is 0 Å². The molecule has 0 radical (unpaired) electrons. The van der Waals surface area contributed by atoms with Gasteiger partial charge in [-0.15, -0.1) is 0 Å². The van der Waals surface area contributed by atoms with Crippen LogP contribution in [0.15, 0.2) is 71.3 Å². The van der Waals surface area contributed by atoms with E-state index in [1.165, 1.54) is 52.0 Å². The minimum absolute atomic E-state index is 0.0835. The molecule has 3 saturated carbocycles. The lowest BCUT2D eigenvalue weighted by atomic mass is 9.40. The third-order valence-corrected chi connectivity index (χ3v) is 7.68. The molecule has 8 nitrogen and oxygen atoms in total. The first-order chi connectivity index (χ1) is 16.7. The summed E-state index contributed by atoms with van der Waals surface area (Å²) in [4.78, 5) is 53.5. The van der Waals surface area contributed by atoms with Gasteiger partial charge in [0.25, 0.3) is 0 Å². The second-order valence-electron chi connectivity index (χ2n) is 9.93. The molecule has 36 heavy (non-hydrogen) atoms. The molecular formula is C28H32O8. The van der Waals surface area contributed by atoms with E-state index in [4.69, 9.17) is 4.74 Å². The van der Waals surface area contributed by atoms with Crippen molar-refractivity contribution in [3.63, 3.8) is 0 Å². The number of hydrogen-bond donors (Lipinski definition) is 3. The minimum Gasteiger partial charge on any atom is -0.508 e. The van der Waals surface area contributed by atoms with E-state index in [1.807, 2.05) is 0 Å². The smallest absolute Gasteiger partial charge is 0.338 e. The maximum Gasteiger partial charge on any atom is 0.338 e. The van der Waals surface area contributed by atoms with Crippen molar-refractivity contribution in [2.24, 2.45) is 23.2 Å². The Morgan fingerprint density at radius 3 is 2.03 bits per heavy atom. The number of carbonyl (C=O) groups is 4. The van der Waals surface area contributed by atoms with E-state index in [-0.39, 0.29) is 11.1 Å². The molecule has 192 valence electrons. The summed E-state index contributed by atoms with van der Waals surface area (Å²) in [6, 6.07) is 0. The Hall–Kier alpha value is -3.52. The largest absolute Gasteiger partial charge is 0.508 e. The quantitative estimate of drug-likeness (QED) is 0.167. The van der Waals surface area contributed by atoms with Crippen LogP contribution in [0.4, 0.5) is 0 Å². The fourth-order valence-corrected chi connectivity index (χ4v) is 5.93. The number of ether oxygens (including phenoxy) is 1. The van der Waals surface area contributed by atoms with Crippen molar-refractivity contribution < 1.29 is 39.2 Å². The lowest BCUT2D eigenvalue weighted by Gasteiger charge is -2.60. The van der Waals surface area contributed by atoms with Gasteiger partial charge in [0.1, 0.15) is 22.5 Å². The van der Waals surface area contributed by atoms with Crippen LogP contribution >= 0.6 is 0 Å². The predicted molar refractivity (Wildman–Crippen MR) is 132 cm³/mol. The molecule has 1 heterocycles. The van der Waals surface area contributed by atoms with Crippen LogP contribution in [0, 0.1) is 23.2 Å². The van der Waals surface area contributed by atoms with Crippen molar-refractivity contribution in [2.75, 3.05) is 0 Å². The summed E-state index contributed by atoms with van der Waals surface area (Å²) in [5, 5.41) is 33.5. The van der Waals surface area contributed by atoms with Crippen LogP contribution < -0.4 is 0 Å². The number of carbonyl (C=O) groups excluding carboxylic acids is 4. The van der Waals surface area contributed by atoms with Crippen molar-refractivity contribution >= 4 is 23.3 Å². The summed E-state index contributed by atoms with van der Waals surface area (Å²) in [6.45, 7) is 8.72. The van der Waals surface area contributed by atoms with E-state index in [1.54, 1.807) is 38.2 Å². The Morgan fingerprint density at radius 2 is 1.53 bits per heavy atom. The second kappa shape index (κ2) is 9.17. The number of cyclic esters (lactones) is 1. The van der Waals surface area contributed by atoms with E-state index < -0.39 is 69.2 Å². The van der Waals surface area contributed by atoms with Gasteiger partial charge in [-0.25, -0.2) is 4.79 Å². The summed E-state index contributed by atoms with van der Waals surface area (Å²) in [5.74, 6) is -8.17. The van der Waals surface area contributed by atoms with Gasteiger partial charge in [0, 0.05) is 23.3 Å². The van der Waals surface area contributed by atoms with Gasteiger partial charge in [-0.05, 0) is 53.7 Å². The molecular weight excluding hydrogens is 464 g/mol. The monoisotopic (exact) mass is 496 g/mol. The fraction of sp³-hybridized carbons (Fsp3) is 0.429. The number of aliphatic hydroxyl groups is 3. The Morgan fingerprint density at radius 1 is 0.972 bits per heavy atom. The molecule has 4 rings (SSSR count). The normalized spacial score (nSPS) is 38.4. The zero-order chi connectivity index (χ0) is 27.2. The number of allylic oxidation sites excluding steroid dienone is 8. The maximum absolute atomic E-state index is 13.8. The first-order valence-electron chi connectivity index (χ1n) is 11.7. The van der Waals surface area contributed by atoms with Gasteiger partial charge in [-0.3, -0.25) is 14.4 Å². The van der Waals surface area contributed by atoms with Crippen molar-refractivity contribution in [3.05, 3.63) is 71.3 Å². The molecule has 0 spiro atoms. The van der Waals surface area contributed by atoms with Crippen molar-refractivity contribution in [1.82, 2.24) is 0 Å². The van der Waals surface area contributed by atoms with Gasteiger partial charge >= 0.3 is 5.97 Å². The van der Waals surface area contributed by atoms with Crippen molar-refractivity contribution in [1.29, 1.82) is 0 Å². The molecule has 0 aromatic heterocycles. The highest BCUT2D eigenvalue weighted by atomic mass is 16.6. The van der Waals surface area contributed by atoms with Crippen LogP contribution in [0.2, 0.25) is 0 Å². The van der Waals surface area contributed by atoms with Crippen LogP contribution in [0.3, 0.4) is 0 Å². The molecule has 0 aromatic carbocycles. The third kappa shape index (κ3) is 3.63. The number of fused-ring (bicyclic) bond motifs is 3. The molecule has 4 aliphatic rings. The highest BCUT2D eigenvalue weighted by Crippen LogP contribution is 2.64. The zero-order valence-electron chi connectivity index (χ0n) is 21.2. The van der Waals surface area contributed by atoms with Gasteiger partial charge in [0.05, 0.1) is 5.57 Å². The standard InChI is InChI=1S/C28H32O8/c1-7-9-11-13-16(29)18-20-21(28(6)22(31)15(3)24(33)36-28)19(17(30)14-12-10-8-2)26(4,23(18)32)25(34)27(20,5)35/h7-14,19-21,29,31,35H,1-6H3/b9-7+,10-8+,13-11+,14-12+,18-16-/t19-,20-,21?,26-,27+,28+/m1/s1. The average Bonchev–Trinajstić information content (AvgIpc) is 3.01. The Balaban J connectivity index is 2.41. The lowest BCUT2D eigenvalue weighted by molar-refractivity contribution is -0.203. The van der Waals surface area contributed by atoms with E-state index in [0.29, 0.717) is 0 Å². The van der Waals surface area contributed by atoms with E-state index >= 15 is 0 Å². The molecule has 2 bridgehead atoms. The average molecular weight is 497 g/mol. The molecule has 1 unspecified atom stereocenters. The first-order valence-corrected chi connectivity index (χ1v) is 11.7. The summed E-state index contributed by atoms with van der Waals surface area (Å²) >= 11 is 0.